The van der Waals surface area contributed by atoms with Gasteiger partial charge in [0.25, 0.3) is 0 Å². The lowest BCUT2D eigenvalue weighted by atomic mass is 10.0. The van der Waals surface area contributed by atoms with Crippen molar-refractivity contribution in [2.45, 2.75) is 360 Å². The van der Waals surface area contributed by atoms with Crippen molar-refractivity contribution < 1.29 is 24.5 Å². The van der Waals surface area contributed by atoms with Crippen LogP contribution < -0.4 is 5.32 Å². The van der Waals surface area contributed by atoms with E-state index in [0.717, 1.165) is 57.8 Å². The summed E-state index contributed by atoms with van der Waals surface area (Å²) in [4.78, 5) is 24.6. The van der Waals surface area contributed by atoms with Crippen molar-refractivity contribution in [2.75, 3.05) is 13.2 Å². The van der Waals surface area contributed by atoms with Gasteiger partial charge in [0.1, 0.15) is 0 Å². The van der Waals surface area contributed by atoms with Gasteiger partial charge >= 0.3 is 5.97 Å². The van der Waals surface area contributed by atoms with Crippen LogP contribution in [0.3, 0.4) is 0 Å². The maximum atomic E-state index is 12.5. The molecule has 3 N–H and O–H groups in total. The minimum absolute atomic E-state index is 0.00926. The number of carbonyl (C=O) groups excluding carboxylic acids is 2. The molecule has 0 radical (unpaired) electrons. The van der Waals surface area contributed by atoms with Crippen LogP contribution in [0.25, 0.3) is 0 Å². The van der Waals surface area contributed by atoms with Gasteiger partial charge in [-0.15, -0.1) is 0 Å². The van der Waals surface area contributed by atoms with E-state index in [9.17, 15) is 19.8 Å². The third-order valence-electron chi connectivity index (χ3n) is 14.7. The lowest BCUT2D eigenvalue weighted by Gasteiger charge is -2.20. The molecule has 0 spiro atoms. The Hall–Kier alpha value is -1.66. The number of unbranched alkanes of at least 4 members (excludes halogenated alkanes) is 46. The summed E-state index contributed by atoms with van der Waals surface area (Å²) in [6, 6.07) is -0.639. The Morgan fingerprint density at radius 1 is 0.386 bits per heavy atom. The molecule has 0 bridgehead atoms. The number of nitrogens with one attached hydrogen (secondary N) is 1. The first-order chi connectivity index (χ1) is 34.5. The van der Waals surface area contributed by atoms with E-state index in [0.29, 0.717) is 19.4 Å². The molecule has 0 saturated carbocycles. The van der Waals surface area contributed by atoms with E-state index in [1.54, 1.807) is 6.08 Å². The molecule has 0 aliphatic carbocycles. The zero-order valence-electron chi connectivity index (χ0n) is 47.3. The number of allylic oxidation sites excluding steroid dienone is 3. The molecule has 6 nitrogen and oxygen atoms in total. The predicted octanol–water partition coefficient (Wildman–Crippen LogP) is 19.8. The van der Waals surface area contributed by atoms with Crippen LogP contribution in [0.15, 0.2) is 24.3 Å². The maximum absolute atomic E-state index is 12.5. The molecule has 0 rings (SSSR count). The van der Waals surface area contributed by atoms with Crippen molar-refractivity contribution in [1.29, 1.82) is 0 Å². The molecule has 1 amide bonds. The molecule has 0 saturated heterocycles. The maximum Gasteiger partial charge on any atom is 0.305 e. The first kappa shape index (κ1) is 68.3. The van der Waals surface area contributed by atoms with Crippen molar-refractivity contribution in [3.05, 3.63) is 24.3 Å². The second-order valence-corrected chi connectivity index (χ2v) is 21.7. The van der Waals surface area contributed by atoms with Gasteiger partial charge < -0.3 is 20.3 Å². The molecule has 0 aromatic heterocycles. The fourth-order valence-corrected chi connectivity index (χ4v) is 9.87. The Labute approximate surface area is 437 Å². The first-order valence-electron chi connectivity index (χ1n) is 31.6. The number of hydrogen-bond donors (Lipinski definition) is 3. The fraction of sp³-hybridized carbons (Fsp3) is 0.906. The minimum atomic E-state index is -0.854. The molecule has 70 heavy (non-hydrogen) atoms. The molecule has 2 atom stereocenters. The predicted molar refractivity (Wildman–Crippen MR) is 306 cm³/mol. The SMILES string of the molecule is CCCCCCCC/C=C\CCCCCCCCCC(=O)OCCCCCCCCCCCCCCCC(=O)NC(CO)C(O)/C=C/CCCCCCCCCCCCCCCCCCCCCCC. The van der Waals surface area contributed by atoms with Crippen molar-refractivity contribution in [3.63, 3.8) is 0 Å². The van der Waals surface area contributed by atoms with E-state index in [-0.39, 0.29) is 18.5 Å². The number of esters is 1. The number of ether oxygens (including phenoxy) is 1. The lowest BCUT2D eigenvalue weighted by Crippen LogP contribution is -2.45. The van der Waals surface area contributed by atoms with Gasteiger partial charge in [-0.2, -0.15) is 0 Å². The highest BCUT2D eigenvalue weighted by Crippen LogP contribution is 2.18. The Bertz CT molecular complexity index is 1090. The highest BCUT2D eigenvalue weighted by Gasteiger charge is 2.18. The highest BCUT2D eigenvalue weighted by molar-refractivity contribution is 5.76. The number of aliphatic hydroxyl groups is 2. The summed E-state index contributed by atoms with van der Waals surface area (Å²) in [5.74, 6) is -0.0866. The van der Waals surface area contributed by atoms with Crippen LogP contribution in [0, 0.1) is 0 Å². The van der Waals surface area contributed by atoms with Crippen LogP contribution in [-0.4, -0.2) is 47.4 Å². The largest absolute Gasteiger partial charge is 0.466 e. The summed E-state index contributed by atoms with van der Waals surface area (Å²) < 4.78 is 5.48. The smallest absolute Gasteiger partial charge is 0.305 e. The van der Waals surface area contributed by atoms with Crippen molar-refractivity contribution >= 4 is 11.9 Å². The standard InChI is InChI=1S/C64H123NO5/c1-3-5-7-9-11-13-15-17-19-21-22-23-24-25-26-28-29-32-36-40-44-48-52-56-62(67)61(60-66)65-63(68)57-53-49-45-41-37-33-31-35-39-43-47-51-55-59-70-64(69)58-54-50-46-42-38-34-30-27-20-18-16-14-12-10-8-6-4-2/h18,20,52,56,61-62,66-67H,3-17,19,21-51,53-55,57-60H2,1-2H3,(H,65,68)/b20-18-,56-52+. The molecule has 0 aromatic carbocycles. The van der Waals surface area contributed by atoms with Crippen LogP contribution in [0.5, 0.6) is 0 Å². The summed E-state index contributed by atoms with van der Waals surface area (Å²) >= 11 is 0. The van der Waals surface area contributed by atoms with Gasteiger partial charge in [-0.3, -0.25) is 9.59 Å². The summed E-state index contributed by atoms with van der Waals surface area (Å²) in [5, 5.41) is 23.2. The first-order valence-corrected chi connectivity index (χ1v) is 31.6. The number of rotatable bonds is 59. The second kappa shape index (κ2) is 59.9. The lowest BCUT2D eigenvalue weighted by molar-refractivity contribution is -0.143. The van der Waals surface area contributed by atoms with Crippen LogP contribution in [0.2, 0.25) is 0 Å². The molecule has 0 fully saturated rings. The van der Waals surface area contributed by atoms with Crippen LogP contribution in [-0.2, 0) is 14.3 Å². The monoisotopic (exact) mass is 986 g/mol. The summed E-state index contributed by atoms with van der Waals surface area (Å²) in [6.45, 7) is 4.90. The molecular formula is C64H123NO5. The Kier molecular flexibility index (Phi) is 58.5. The molecule has 0 heterocycles. The van der Waals surface area contributed by atoms with Crippen LogP contribution in [0.4, 0.5) is 0 Å². The molecule has 6 heteroatoms. The number of carbonyl (C=O) groups is 2. The van der Waals surface area contributed by atoms with E-state index < -0.39 is 12.1 Å². The molecule has 0 aromatic rings. The van der Waals surface area contributed by atoms with E-state index in [1.165, 1.54) is 263 Å². The molecule has 2 unspecified atom stereocenters. The van der Waals surface area contributed by atoms with Gasteiger partial charge in [0, 0.05) is 12.8 Å². The van der Waals surface area contributed by atoms with E-state index in [4.69, 9.17) is 4.74 Å². The zero-order chi connectivity index (χ0) is 50.7. The van der Waals surface area contributed by atoms with E-state index in [1.807, 2.05) is 6.08 Å². The fourth-order valence-electron chi connectivity index (χ4n) is 9.87. The van der Waals surface area contributed by atoms with E-state index >= 15 is 0 Å². The van der Waals surface area contributed by atoms with Gasteiger partial charge in [0.05, 0.1) is 25.4 Å². The van der Waals surface area contributed by atoms with Crippen molar-refractivity contribution in [3.8, 4) is 0 Å². The molecule has 414 valence electrons. The average Bonchev–Trinajstić information content (AvgIpc) is 3.36. The molecule has 0 aliphatic rings. The van der Waals surface area contributed by atoms with Gasteiger partial charge in [-0.1, -0.05) is 301 Å². The quantitative estimate of drug-likeness (QED) is 0.0321. The summed E-state index contributed by atoms with van der Waals surface area (Å²) in [7, 11) is 0. The van der Waals surface area contributed by atoms with E-state index in [2.05, 4.69) is 31.3 Å². The van der Waals surface area contributed by atoms with Gasteiger partial charge in [0.15, 0.2) is 0 Å². The number of hydrogen-bond acceptors (Lipinski definition) is 5. The normalized spacial score (nSPS) is 12.7. The third kappa shape index (κ3) is 55.7. The Morgan fingerprint density at radius 2 is 0.671 bits per heavy atom. The third-order valence-corrected chi connectivity index (χ3v) is 14.7. The molecule has 0 aliphatic heterocycles. The van der Waals surface area contributed by atoms with Crippen LogP contribution >= 0.6 is 0 Å². The number of amides is 1. The van der Waals surface area contributed by atoms with Crippen LogP contribution in [0.1, 0.15) is 348 Å². The highest BCUT2D eigenvalue weighted by atomic mass is 16.5. The zero-order valence-corrected chi connectivity index (χ0v) is 47.3. The van der Waals surface area contributed by atoms with Crippen molar-refractivity contribution in [1.82, 2.24) is 5.32 Å². The topological polar surface area (TPSA) is 95.9 Å². The van der Waals surface area contributed by atoms with Gasteiger partial charge in [0.2, 0.25) is 5.91 Å². The summed E-state index contributed by atoms with van der Waals surface area (Å²) in [5.41, 5.74) is 0. The Morgan fingerprint density at radius 3 is 1.01 bits per heavy atom. The van der Waals surface area contributed by atoms with Gasteiger partial charge in [-0.05, 0) is 57.8 Å². The minimum Gasteiger partial charge on any atom is -0.466 e. The number of aliphatic hydroxyl groups excluding tert-OH is 2. The second-order valence-electron chi connectivity index (χ2n) is 21.7. The van der Waals surface area contributed by atoms with Gasteiger partial charge in [-0.25, -0.2) is 0 Å². The van der Waals surface area contributed by atoms with Crippen molar-refractivity contribution in [2.24, 2.45) is 0 Å². The molecular weight excluding hydrogens is 863 g/mol. The average molecular weight is 987 g/mol. The Balaban J connectivity index is 3.47. The summed E-state index contributed by atoms with van der Waals surface area (Å²) in [6.07, 6.45) is 73.5.